The van der Waals surface area contributed by atoms with Gasteiger partial charge in [-0.05, 0) is 37.8 Å². The molecule has 6 nitrogen and oxygen atoms in total. The van der Waals surface area contributed by atoms with Crippen LogP contribution in [-0.2, 0) is 9.53 Å². The van der Waals surface area contributed by atoms with Crippen molar-refractivity contribution in [2.24, 2.45) is 5.92 Å². The van der Waals surface area contributed by atoms with E-state index in [2.05, 4.69) is 15.5 Å². The Morgan fingerprint density at radius 2 is 2.12 bits per heavy atom. The Bertz CT molecular complexity index is 719. The predicted molar refractivity (Wildman–Crippen MR) is 90.6 cm³/mol. The smallest absolute Gasteiger partial charge is 0.338 e. The molecule has 1 amide bonds. The average Bonchev–Trinajstić information content (AvgIpc) is 3.08. The molecule has 128 valence electrons. The van der Waals surface area contributed by atoms with Crippen molar-refractivity contribution in [2.45, 2.75) is 45.1 Å². The first-order valence-electron chi connectivity index (χ1n) is 8.55. The van der Waals surface area contributed by atoms with E-state index in [1.807, 2.05) is 0 Å². The van der Waals surface area contributed by atoms with Crippen LogP contribution in [0.25, 0.3) is 10.9 Å². The molecule has 0 saturated heterocycles. The van der Waals surface area contributed by atoms with Gasteiger partial charge in [-0.25, -0.2) is 4.79 Å². The van der Waals surface area contributed by atoms with Crippen LogP contribution in [0.3, 0.4) is 0 Å². The van der Waals surface area contributed by atoms with Crippen molar-refractivity contribution >= 4 is 22.8 Å². The monoisotopic (exact) mass is 329 g/mol. The number of aromatic nitrogens is 2. The first-order chi connectivity index (χ1) is 11.6. The van der Waals surface area contributed by atoms with Gasteiger partial charge in [0.25, 0.3) is 5.91 Å². The molecule has 2 N–H and O–H groups in total. The lowest BCUT2D eigenvalue weighted by molar-refractivity contribution is -0.129. The SMILES string of the molecule is C[C@H](OC(=O)c1ccc2cn[nH]c2c1)C(=O)NCC1CCCCC1. The summed E-state index contributed by atoms with van der Waals surface area (Å²) in [6.45, 7) is 2.27. The van der Waals surface area contributed by atoms with Gasteiger partial charge >= 0.3 is 5.97 Å². The highest BCUT2D eigenvalue weighted by Gasteiger charge is 2.21. The summed E-state index contributed by atoms with van der Waals surface area (Å²) in [5, 5.41) is 10.6. The fourth-order valence-electron chi connectivity index (χ4n) is 3.13. The van der Waals surface area contributed by atoms with Crippen LogP contribution in [0.15, 0.2) is 24.4 Å². The molecule has 0 radical (unpaired) electrons. The third-order valence-corrected chi connectivity index (χ3v) is 4.62. The van der Waals surface area contributed by atoms with Crippen LogP contribution in [0, 0.1) is 5.92 Å². The number of amides is 1. The van der Waals surface area contributed by atoms with Crippen molar-refractivity contribution in [3.05, 3.63) is 30.0 Å². The lowest BCUT2D eigenvalue weighted by Crippen LogP contribution is -2.38. The van der Waals surface area contributed by atoms with Gasteiger partial charge < -0.3 is 10.1 Å². The highest BCUT2D eigenvalue weighted by atomic mass is 16.5. The van der Waals surface area contributed by atoms with Gasteiger partial charge in [0, 0.05) is 11.9 Å². The first-order valence-corrected chi connectivity index (χ1v) is 8.55. The number of nitrogens with one attached hydrogen (secondary N) is 2. The third kappa shape index (κ3) is 3.93. The Morgan fingerprint density at radius 3 is 2.92 bits per heavy atom. The van der Waals surface area contributed by atoms with E-state index in [0.717, 1.165) is 10.9 Å². The minimum atomic E-state index is -0.807. The van der Waals surface area contributed by atoms with E-state index in [-0.39, 0.29) is 5.91 Å². The first kappa shape index (κ1) is 16.5. The fourth-order valence-corrected chi connectivity index (χ4v) is 3.13. The summed E-state index contributed by atoms with van der Waals surface area (Å²) in [5.41, 5.74) is 1.16. The normalized spacial score (nSPS) is 16.7. The predicted octanol–water partition coefficient (Wildman–Crippen LogP) is 2.80. The van der Waals surface area contributed by atoms with E-state index in [9.17, 15) is 9.59 Å². The number of ether oxygens (including phenoxy) is 1. The van der Waals surface area contributed by atoms with Gasteiger partial charge in [0.2, 0.25) is 0 Å². The van der Waals surface area contributed by atoms with Gasteiger partial charge in [0.05, 0.1) is 17.3 Å². The summed E-state index contributed by atoms with van der Waals surface area (Å²) in [7, 11) is 0. The molecule has 1 aliphatic rings. The summed E-state index contributed by atoms with van der Waals surface area (Å²) < 4.78 is 5.28. The summed E-state index contributed by atoms with van der Waals surface area (Å²) in [6.07, 6.45) is 6.98. The molecule has 0 spiro atoms. The fraction of sp³-hybridized carbons (Fsp3) is 0.500. The molecule has 2 aromatic rings. The molecular weight excluding hydrogens is 306 g/mol. The second-order valence-electron chi connectivity index (χ2n) is 6.47. The Morgan fingerprint density at radius 1 is 1.33 bits per heavy atom. The highest BCUT2D eigenvalue weighted by molar-refractivity contribution is 5.95. The Labute approximate surface area is 141 Å². The number of nitrogens with zero attached hydrogens (tertiary/aromatic N) is 1. The summed E-state index contributed by atoms with van der Waals surface area (Å²) >= 11 is 0. The van der Waals surface area contributed by atoms with Crippen molar-refractivity contribution < 1.29 is 14.3 Å². The zero-order valence-corrected chi connectivity index (χ0v) is 13.9. The van der Waals surface area contributed by atoms with Crippen LogP contribution in [0.5, 0.6) is 0 Å². The number of carbonyl (C=O) groups excluding carboxylic acids is 2. The zero-order valence-electron chi connectivity index (χ0n) is 13.9. The van der Waals surface area contributed by atoms with Crippen LogP contribution >= 0.6 is 0 Å². The van der Waals surface area contributed by atoms with Crippen molar-refractivity contribution in [2.75, 3.05) is 6.54 Å². The van der Waals surface area contributed by atoms with Crippen molar-refractivity contribution in [1.29, 1.82) is 0 Å². The highest BCUT2D eigenvalue weighted by Crippen LogP contribution is 2.22. The molecule has 1 heterocycles. The zero-order chi connectivity index (χ0) is 16.9. The molecule has 1 saturated carbocycles. The van der Waals surface area contributed by atoms with Crippen LogP contribution in [0.4, 0.5) is 0 Å². The maximum Gasteiger partial charge on any atom is 0.338 e. The topological polar surface area (TPSA) is 84.1 Å². The lowest BCUT2D eigenvalue weighted by Gasteiger charge is -2.22. The molecule has 1 aromatic carbocycles. The quantitative estimate of drug-likeness (QED) is 0.826. The van der Waals surface area contributed by atoms with Gasteiger partial charge in [0.15, 0.2) is 6.10 Å². The molecule has 1 aromatic heterocycles. The summed E-state index contributed by atoms with van der Waals surface area (Å²) in [6, 6.07) is 5.15. The van der Waals surface area contributed by atoms with E-state index in [0.29, 0.717) is 18.0 Å². The van der Waals surface area contributed by atoms with Gasteiger partial charge in [-0.1, -0.05) is 25.3 Å². The summed E-state index contributed by atoms with van der Waals surface area (Å²) in [5.74, 6) is -0.197. The van der Waals surface area contributed by atoms with Crippen molar-refractivity contribution in [3.8, 4) is 0 Å². The number of H-pyrrole nitrogens is 1. The average molecular weight is 329 g/mol. The molecule has 6 heteroatoms. The summed E-state index contributed by atoms with van der Waals surface area (Å²) in [4.78, 5) is 24.3. The van der Waals surface area contributed by atoms with Crippen LogP contribution < -0.4 is 5.32 Å². The van der Waals surface area contributed by atoms with Crippen molar-refractivity contribution in [1.82, 2.24) is 15.5 Å². The number of esters is 1. The van der Waals surface area contributed by atoms with E-state index in [4.69, 9.17) is 4.74 Å². The lowest BCUT2D eigenvalue weighted by atomic mass is 9.89. The maximum absolute atomic E-state index is 12.2. The van der Waals surface area contributed by atoms with Crippen LogP contribution in [0.2, 0.25) is 0 Å². The number of rotatable bonds is 5. The largest absolute Gasteiger partial charge is 0.449 e. The maximum atomic E-state index is 12.2. The van der Waals surface area contributed by atoms with Crippen LogP contribution in [0.1, 0.15) is 49.4 Å². The molecule has 24 heavy (non-hydrogen) atoms. The molecule has 1 atom stereocenters. The molecular formula is C18H23N3O3. The van der Waals surface area contributed by atoms with E-state index < -0.39 is 12.1 Å². The minimum absolute atomic E-state index is 0.239. The van der Waals surface area contributed by atoms with Crippen molar-refractivity contribution in [3.63, 3.8) is 0 Å². The second kappa shape index (κ2) is 7.47. The van der Waals surface area contributed by atoms with E-state index in [1.165, 1.54) is 32.1 Å². The standard InChI is InChI=1S/C18H23N3O3/c1-12(17(22)19-10-13-5-3-2-4-6-13)24-18(23)14-7-8-15-11-20-21-16(15)9-14/h7-9,11-13H,2-6,10H2,1H3,(H,19,22)(H,20,21)/t12-/m0/s1. The number of hydrogen-bond donors (Lipinski definition) is 2. The molecule has 0 bridgehead atoms. The minimum Gasteiger partial charge on any atom is -0.449 e. The Kier molecular flexibility index (Phi) is 5.13. The molecule has 0 unspecified atom stereocenters. The molecule has 1 fully saturated rings. The number of hydrogen-bond acceptors (Lipinski definition) is 4. The van der Waals surface area contributed by atoms with Gasteiger partial charge in [-0.2, -0.15) is 5.10 Å². The second-order valence-corrected chi connectivity index (χ2v) is 6.47. The van der Waals surface area contributed by atoms with Gasteiger partial charge in [-0.15, -0.1) is 0 Å². The number of aromatic amines is 1. The third-order valence-electron chi connectivity index (χ3n) is 4.62. The number of fused-ring (bicyclic) bond motifs is 1. The number of benzene rings is 1. The Hall–Kier alpha value is -2.37. The van der Waals surface area contributed by atoms with E-state index in [1.54, 1.807) is 31.3 Å². The molecule has 0 aliphatic heterocycles. The molecule has 1 aliphatic carbocycles. The van der Waals surface area contributed by atoms with Gasteiger partial charge in [-0.3, -0.25) is 9.89 Å². The van der Waals surface area contributed by atoms with Gasteiger partial charge in [0.1, 0.15) is 0 Å². The van der Waals surface area contributed by atoms with E-state index >= 15 is 0 Å². The Balaban J connectivity index is 1.51. The number of carbonyl (C=O) groups is 2. The van der Waals surface area contributed by atoms with Crippen LogP contribution in [-0.4, -0.2) is 34.7 Å². The molecule has 3 rings (SSSR count).